The summed E-state index contributed by atoms with van der Waals surface area (Å²) >= 11 is 0. The average molecular weight is 296 g/mol. The molecule has 1 rings (SSSR count). The summed E-state index contributed by atoms with van der Waals surface area (Å²) in [6, 6.07) is 9.95. The molecule has 0 bridgehead atoms. The largest absolute Gasteiger partial charge is 0.235 e. The van der Waals surface area contributed by atoms with Gasteiger partial charge in [-0.05, 0) is 54.0 Å². The van der Waals surface area contributed by atoms with E-state index in [0.29, 0.717) is 6.42 Å². The summed E-state index contributed by atoms with van der Waals surface area (Å²) < 4.78 is 0. The molecule has 0 fully saturated rings. The van der Waals surface area contributed by atoms with Crippen molar-refractivity contribution in [2.45, 2.75) is 71.9 Å². The summed E-state index contributed by atoms with van der Waals surface area (Å²) in [6.45, 7) is 13.3. The van der Waals surface area contributed by atoms with Crippen LogP contribution in [-0.4, -0.2) is 17.0 Å². The highest BCUT2D eigenvalue weighted by molar-refractivity contribution is 5.16. The molecular weight excluding hydrogens is 268 g/mol. The lowest BCUT2D eigenvalue weighted by Crippen LogP contribution is -2.40. The van der Waals surface area contributed by atoms with Gasteiger partial charge in [0.15, 0.2) is 0 Å². The molecule has 21 heavy (non-hydrogen) atoms. The maximum Gasteiger partial charge on any atom is 0.235 e. The molecule has 0 aliphatic carbocycles. The first-order chi connectivity index (χ1) is 9.49. The molecule has 0 aliphatic heterocycles. The highest BCUT2D eigenvalue weighted by Gasteiger charge is 2.34. The van der Waals surface area contributed by atoms with Crippen LogP contribution in [0.3, 0.4) is 0 Å². The molecule has 0 saturated carbocycles. The minimum atomic E-state index is -1.03. The molecule has 0 heterocycles. The Hall–Kier alpha value is -0.940. The number of hydrogen-bond donors (Lipinski definition) is 0. The van der Waals surface area contributed by atoms with Crippen molar-refractivity contribution in [1.82, 2.24) is 0 Å². The smallest absolute Gasteiger partial charge is 0.228 e. The van der Waals surface area contributed by atoms with Crippen molar-refractivity contribution in [3.8, 4) is 0 Å². The van der Waals surface area contributed by atoms with Gasteiger partial charge in [-0.2, -0.15) is 9.78 Å². The highest BCUT2D eigenvalue weighted by atomic mass is 17.3. The van der Waals surface area contributed by atoms with Crippen LogP contribution in [0.25, 0.3) is 0 Å². The fourth-order valence-corrected chi connectivity index (χ4v) is 1.47. The molecule has 0 aromatic heterocycles. The molecule has 0 amide bonds. The van der Waals surface area contributed by atoms with Crippen LogP contribution in [0.15, 0.2) is 30.3 Å². The first-order valence-corrected chi connectivity index (χ1v) is 7.27. The lowest BCUT2D eigenvalue weighted by molar-refractivity contribution is -0.536. The molecule has 0 saturated heterocycles. The van der Waals surface area contributed by atoms with E-state index < -0.39 is 17.0 Å². The second kappa shape index (κ2) is 6.88. The van der Waals surface area contributed by atoms with Gasteiger partial charge in [0.1, 0.15) is 0 Å². The van der Waals surface area contributed by atoms with Gasteiger partial charge in [-0.25, -0.2) is 9.78 Å². The summed E-state index contributed by atoms with van der Waals surface area (Å²) in [5.74, 6) is -1.03. The molecule has 1 aromatic carbocycles. The molecule has 0 unspecified atom stereocenters. The predicted molar refractivity (Wildman–Crippen MR) is 82.4 cm³/mol. The van der Waals surface area contributed by atoms with E-state index in [9.17, 15) is 0 Å². The maximum absolute atomic E-state index is 5.55. The lowest BCUT2D eigenvalue weighted by atomic mass is 10.1. The van der Waals surface area contributed by atoms with Gasteiger partial charge in [0.2, 0.25) is 5.79 Å². The van der Waals surface area contributed by atoms with E-state index in [0.717, 1.165) is 5.56 Å². The Labute approximate surface area is 128 Å². The molecule has 1 aromatic rings. The average Bonchev–Trinajstić information content (AvgIpc) is 2.34. The molecule has 4 heteroatoms. The SMILES string of the molecule is CC(C)(C)OOC(C)(Cc1ccccc1)OOC(C)(C)C. The van der Waals surface area contributed by atoms with Crippen LogP contribution >= 0.6 is 0 Å². The summed E-state index contributed by atoms with van der Waals surface area (Å²) in [7, 11) is 0. The van der Waals surface area contributed by atoms with Crippen LogP contribution < -0.4 is 0 Å². The Morgan fingerprint density at radius 2 is 1.10 bits per heavy atom. The third-order valence-electron chi connectivity index (χ3n) is 2.30. The van der Waals surface area contributed by atoms with Crippen LogP contribution in [0.1, 0.15) is 54.0 Å². The van der Waals surface area contributed by atoms with E-state index in [1.165, 1.54) is 0 Å². The van der Waals surface area contributed by atoms with Crippen LogP contribution in [-0.2, 0) is 26.0 Å². The first kappa shape index (κ1) is 18.1. The Morgan fingerprint density at radius 3 is 1.48 bits per heavy atom. The van der Waals surface area contributed by atoms with E-state index in [4.69, 9.17) is 19.6 Å². The second-order valence-corrected chi connectivity index (χ2v) is 7.35. The Morgan fingerprint density at radius 1 is 0.667 bits per heavy atom. The Bertz CT molecular complexity index is 397. The molecule has 0 atom stereocenters. The van der Waals surface area contributed by atoms with E-state index in [1.807, 2.05) is 71.9 Å². The van der Waals surface area contributed by atoms with Crippen LogP contribution in [0, 0.1) is 0 Å². The molecular formula is C17H28O4. The van der Waals surface area contributed by atoms with Gasteiger partial charge < -0.3 is 0 Å². The van der Waals surface area contributed by atoms with Gasteiger partial charge in [0.25, 0.3) is 0 Å². The van der Waals surface area contributed by atoms with E-state index in [2.05, 4.69) is 0 Å². The van der Waals surface area contributed by atoms with Crippen molar-refractivity contribution in [2.24, 2.45) is 0 Å². The van der Waals surface area contributed by atoms with Gasteiger partial charge in [-0.1, -0.05) is 30.3 Å². The van der Waals surface area contributed by atoms with E-state index >= 15 is 0 Å². The van der Waals surface area contributed by atoms with Crippen LogP contribution in [0.2, 0.25) is 0 Å². The van der Waals surface area contributed by atoms with Gasteiger partial charge >= 0.3 is 0 Å². The van der Waals surface area contributed by atoms with Crippen molar-refractivity contribution in [2.75, 3.05) is 0 Å². The Kier molecular flexibility index (Phi) is 5.93. The number of benzene rings is 1. The molecule has 0 aliphatic rings. The third-order valence-corrected chi connectivity index (χ3v) is 2.30. The number of rotatable bonds is 6. The van der Waals surface area contributed by atoms with Gasteiger partial charge in [0, 0.05) is 6.42 Å². The van der Waals surface area contributed by atoms with Crippen molar-refractivity contribution in [1.29, 1.82) is 0 Å². The summed E-state index contributed by atoms with van der Waals surface area (Å²) in [5.41, 5.74) is 0.224. The maximum atomic E-state index is 5.55. The molecule has 0 N–H and O–H groups in total. The fraction of sp³-hybridized carbons (Fsp3) is 0.647. The van der Waals surface area contributed by atoms with Gasteiger partial charge in [0.05, 0.1) is 11.2 Å². The highest BCUT2D eigenvalue weighted by Crippen LogP contribution is 2.25. The molecule has 0 radical (unpaired) electrons. The molecule has 120 valence electrons. The zero-order valence-corrected chi connectivity index (χ0v) is 14.2. The number of hydrogen-bond acceptors (Lipinski definition) is 4. The normalized spacial score (nSPS) is 13.5. The van der Waals surface area contributed by atoms with Crippen molar-refractivity contribution < 1.29 is 19.6 Å². The second-order valence-electron chi connectivity index (χ2n) is 7.35. The summed E-state index contributed by atoms with van der Waals surface area (Å²) in [5, 5.41) is 0. The van der Waals surface area contributed by atoms with Crippen LogP contribution in [0.5, 0.6) is 0 Å². The minimum Gasteiger partial charge on any atom is -0.228 e. The van der Waals surface area contributed by atoms with Crippen LogP contribution in [0.4, 0.5) is 0 Å². The van der Waals surface area contributed by atoms with E-state index in [1.54, 1.807) is 6.92 Å². The fourth-order valence-electron chi connectivity index (χ4n) is 1.47. The molecule has 0 spiro atoms. The molecule has 4 nitrogen and oxygen atoms in total. The standard InChI is InChI=1S/C17H28O4/c1-15(2,3)18-20-17(7,21-19-16(4,5)6)13-14-11-9-8-10-12-14/h8-12H,13H2,1-7H3. The van der Waals surface area contributed by atoms with Crippen molar-refractivity contribution in [3.63, 3.8) is 0 Å². The quantitative estimate of drug-likeness (QED) is 0.442. The summed E-state index contributed by atoms with van der Waals surface area (Å²) in [4.78, 5) is 21.9. The Balaban J connectivity index is 2.77. The van der Waals surface area contributed by atoms with Crippen molar-refractivity contribution in [3.05, 3.63) is 35.9 Å². The third kappa shape index (κ3) is 8.17. The minimum absolute atomic E-state index is 0.428. The topological polar surface area (TPSA) is 36.9 Å². The first-order valence-electron chi connectivity index (χ1n) is 7.27. The lowest BCUT2D eigenvalue weighted by Gasteiger charge is -2.32. The monoisotopic (exact) mass is 296 g/mol. The van der Waals surface area contributed by atoms with Gasteiger partial charge in [-0.15, -0.1) is 0 Å². The zero-order chi connectivity index (χ0) is 16.1. The van der Waals surface area contributed by atoms with Crippen molar-refractivity contribution >= 4 is 0 Å². The van der Waals surface area contributed by atoms with Gasteiger partial charge in [-0.3, -0.25) is 0 Å². The summed E-state index contributed by atoms with van der Waals surface area (Å²) in [6.07, 6.45) is 0.514. The predicted octanol–water partition coefficient (Wildman–Crippen LogP) is 4.44. The zero-order valence-electron chi connectivity index (χ0n) is 14.2. The van der Waals surface area contributed by atoms with E-state index in [-0.39, 0.29) is 0 Å².